The quantitative estimate of drug-likeness (QED) is 0.665. The van der Waals surface area contributed by atoms with Crippen molar-refractivity contribution in [2.75, 3.05) is 0 Å². The maximum absolute atomic E-state index is 5.86. The van der Waals surface area contributed by atoms with Crippen LogP contribution in [0.3, 0.4) is 0 Å². The highest BCUT2D eigenvalue weighted by Crippen LogP contribution is 2.40. The van der Waals surface area contributed by atoms with Crippen LogP contribution >= 0.6 is 0 Å². The molecule has 3 N–H and O–H groups in total. The van der Waals surface area contributed by atoms with Crippen LogP contribution in [-0.4, -0.2) is 14.6 Å². The molecular formula is C15H23N5. The van der Waals surface area contributed by atoms with Crippen molar-refractivity contribution in [2.24, 2.45) is 23.6 Å². The summed E-state index contributed by atoms with van der Waals surface area (Å²) < 4.78 is 1.86. The maximum Gasteiger partial charge on any atom is 0.0893 e. The van der Waals surface area contributed by atoms with E-state index in [0.29, 0.717) is 5.92 Å². The summed E-state index contributed by atoms with van der Waals surface area (Å²) in [6.45, 7) is 4.70. The third-order valence-electron chi connectivity index (χ3n) is 4.98. The zero-order valence-corrected chi connectivity index (χ0v) is 12.2. The molecule has 5 nitrogen and oxygen atoms in total. The van der Waals surface area contributed by atoms with Gasteiger partial charge in [0.15, 0.2) is 0 Å². The molecule has 1 fully saturated rings. The minimum absolute atomic E-state index is 0.159. The predicted molar refractivity (Wildman–Crippen MR) is 78.7 cm³/mol. The molecule has 20 heavy (non-hydrogen) atoms. The number of rotatable bonds is 3. The van der Waals surface area contributed by atoms with E-state index in [1.807, 2.05) is 23.1 Å². The topological polar surface area (TPSA) is 68.2 Å². The minimum atomic E-state index is 0.159. The fourth-order valence-electron chi connectivity index (χ4n) is 3.46. The summed E-state index contributed by atoms with van der Waals surface area (Å²) >= 11 is 0. The van der Waals surface area contributed by atoms with E-state index in [4.69, 9.17) is 5.84 Å². The van der Waals surface area contributed by atoms with Crippen molar-refractivity contribution in [1.82, 2.24) is 20.0 Å². The SMILES string of the molecule is CC1CCC(C(NN)c2cnn3ccncc23)CC1C. The zero-order valence-electron chi connectivity index (χ0n) is 12.2. The molecule has 0 amide bonds. The average molecular weight is 273 g/mol. The average Bonchev–Trinajstić information content (AvgIpc) is 2.88. The highest BCUT2D eigenvalue weighted by Gasteiger charge is 2.31. The van der Waals surface area contributed by atoms with Crippen molar-refractivity contribution in [3.05, 3.63) is 30.4 Å². The normalized spacial score (nSPS) is 28.6. The second kappa shape index (κ2) is 5.50. The molecule has 0 bridgehead atoms. The molecule has 1 saturated carbocycles. The van der Waals surface area contributed by atoms with Crippen LogP contribution < -0.4 is 11.3 Å². The van der Waals surface area contributed by atoms with Gasteiger partial charge in [0.25, 0.3) is 0 Å². The Bertz CT molecular complexity index is 578. The molecule has 2 aromatic heterocycles. The van der Waals surface area contributed by atoms with E-state index in [-0.39, 0.29) is 6.04 Å². The fourth-order valence-corrected chi connectivity index (χ4v) is 3.46. The first-order chi connectivity index (χ1) is 9.70. The Balaban J connectivity index is 1.90. The number of nitrogens with zero attached hydrogens (tertiary/aromatic N) is 3. The molecular weight excluding hydrogens is 250 g/mol. The maximum atomic E-state index is 5.86. The summed E-state index contributed by atoms with van der Waals surface area (Å²) in [5, 5.41) is 4.40. The summed E-state index contributed by atoms with van der Waals surface area (Å²) in [4.78, 5) is 4.21. The molecule has 3 rings (SSSR count). The molecule has 0 radical (unpaired) electrons. The van der Waals surface area contributed by atoms with Gasteiger partial charge in [-0.2, -0.15) is 5.10 Å². The van der Waals surface area contributed by atoms with Crippen LogP contribution in [0.25, 0.3) is 5.52 Å². The van der Waals surface area contributed by atoms with E-state index in [1.165, 1.54) is 19.3 Å². The van der Waals surface area contributed by atoms with Crippen LogP contribution in [0.2, 0.25) is 0 Å². The molecule has 0 spiro atoms. The minimum Gasteiger partial charge on any atom is -0.271 e. The summed E-state index contributed by atoms with van der Waals surface area (Å²) in [5.74, 6) is 8.00. The molecule has 0 aliphatic heterocycles. The number of nitrogens with two attached hydrogens (primary N) is 1. The molecule has 2 heterocycles. The lowest BCUT2D eigenvalue weighted by atomic mass is 9.72. The monoisotopic (exact) mass is 273 g/mol. The van der Waals surface area contributed by atoms with Crippen LogP contribution in [-0.2, 0) is 0 Å². The van der Waals surface area contributed by atoms with Crippen LogP contribution in [0, 0.1) is 17.8 Å². The van der Waals surface area contributed by atoms with E-state index in [0.717, 1.165) is 22.9 Å². The van der Waals surface area contributed by atoms with Crippen molar-refractivity contribution in [2.45, 2.75) is 39.2 Å². The molecule has 108 valence electrons. The van der Waals surface area contributed by atoms with Gasteiger partial charge in [-0.05, 0) is 30.6 Å². The third kappa shape index (κ3) is 2.31. The number of hydrogen-bond donors (Lipinski definition) is 2. The largest absolute Gasteiger partial charge is 0.271 e. The Kier molecular flexibility index (Phi) is 3.72. The molecule has 0 saturated heterocycles. The van der Waals surface area contributed by atoms with E-state index in [1.54, 1.807) is 6.20 Å². The van der Waals surface area contributed by atoms with Gasteiger partial charge in [-0.3, -0.25) is 16.3 Å². The standard InChI is InChI=1S/C15H23N5/c1-10-3-4-12(7-11(10)2)15(19-16)13-8-18-20-6-5-17-9-14(13)20/h5-6,8-12,15,19H,3-4,7,16H2,1-2H3. The van der Waals surface area contributed by atoms with Gasteiger partial charge in [0.05, 0.1) is 24.0 Å². The van der Waals surface area contributed by atoms with Gasteiger partial charge >= 0.3 is 0 Å². The number of nitrogens with one attached hydrogen (secondary N) is 1. The Labute approximate surface area is 119 Å². The lowest BCUT2D eigenvalue weighted by Crippen LogP contribution is -2.36. The van der Waals surface area contributed by atoms with Crippen LogP contribution in [0.15, 0.2) is 24.8 Å². The molecule has 2 aromatic rings. The lowest BCUT2D eigenvalue weighted by molar-refractivity contribution is 0.172. The first kappa shape index (κ1) is 13.5. The summed E-state index contributed by atoms with van der Waals surface area (Å²) in [5.41, 5.74) is 5.22. The van der Waals surface area contributed by atoms with Gasteiger partial charge in [-0.15, -0.1) is 0 Å². The van der Waals surface area contributed by atoms with E-state index in [9.17, 15) is 0 Å². The van der Waals surface area contributed by atoms with Crippen molar-refractivity contribution < 1.29 is 0 Å². The summed E-state index contributed by atoms with van der Waals surface area (Å²) in [6.07, 6.45) is 11.1. The Morgan fingerprint density at radius 3 is 2.90 bits per heavy atom. The van der Waals surface area contributed by atoms with Crippen LogP contribution in [0.5, 0.6) is 0 Å². The molecule has 1 aliphatic carbocycles. The lowest BCUT2D eigenvalue weighted by Gasteiger charge is -2.36. The second-order valence-electron chi connectivity index (χ2n) is 6.18. The Morgan fingerprint density at radius 1 is 1.30 bits per heavy atom. The zero-order chi connectivity index (χ0) is 14.1. The highest BCUT2D eigenvalue weighted by molar-refractivity contribution is 5.53. The third-order valence-corrected chi connectivity index (χ3v) is 4.98. The van der Waals surface area contributed by atoms with Gasteiger partial charge < -0.3 is 0 Å². The molecule has 4 atom stereocenters. The molecule has 1 aliphatic rings. The van der Waals surface area contributed by atoms with Crippen molar-refractivity contribution in [3.8, 4) is 0 Å². The highest BCUT2D eigenvalue weighted by atomic mass is 15.3. The summed E-state index contributed by atoms with van der Waals surface area (Å²) in [6, 6.07) is 0.159. The van der Waals surface area contributed by atoms with E-state index < -0.39 is 0 Å². The van der Waals surface area contributed by atoms with Crippen molar-refractivity contribution >= 4 is 5.52 Å². The van der Waals surface area contributed by atoms with Gasteiger partial charge in [-0.25, -0.2) is 4.52 Å². The van der Waals surface area contributed by atoms with Gasteiger partial charge in [0, 0.05) is 18.0 Å². The predicted octanol–water partition coefficient (Wildman–Crippen LogP) is 2.31. The van der Waals surface area contributed by atoms with E-state index >= 15 is 0 Å². The first-order valence-corrected chi connectivity index (χ1v) is 7.44. The van der Waals surface area contributed by atoms with Crippen molar-refractivity contribution in [3.63, 3.8) is 0 Å². The van der Waals surface area contributed by atoms with Gasteiger partial charge in [-0.1, -0.05) is 20.3 Å². The Hall–Kier alpha value is -1.46. The van der Waals surface area contributed by atoms with Crippen LogP contribution in [0.4, 0.5) is 0 Å². The number of hydrazine groups is 1. The molecule has 4 unspecified atom stereocenters. The number of fused-ring (bicyclic) bond motifs is 1. The summed E-state index contributed by atoms with van der Waals surface area (Å²) in [7, 11) is 0. The van der Waals surface area contributed by atoms with Gasteiger partial charge in [0.1, 0.15) is 0 Å². The smallest absolute Gasteiger partial charge is 0.0893 e. The fraction of sp³-hybridized carbons (Fsp3) is 0.600. The van der Waals surface area contributed by atoms with Crippen LogP contribution in [0.1, 0.15) is 44.7 Å². The molecule has 5 heteroatoms. The van der Waals surface area contributed by atoms with Crippen molar-refractivity contribution in [1.29, 1.82) is 0 Å². The Morgan fingerprint density at radius 2 is 2.15 bits per heavy atom. The molecule has 0 aromatic carbocycles. The first-order valence-electron chi connectivity index (χ1n) is 7.44. The van der Waals surface area contributed by atoms with Gasteiger partial charge in [0.2, 0.25) is 0 Å². The number of aromatic nitrogens is 3. The van der Waals surface area contributed by atoms with E-state index in [2.05, 4.69) is 29.4 Å². The number of hydrogen-bond acceptors (Lipinski definition) is 4. The second-order valence-corrected chi connectivity index (χ2v) is 6.18.